The Balaban J connectivity index is 2.02. The molecule has 2 atom stereocenters. The van der Waals surface area contributed by atoms with Gasteiger partial charge in [0.25, 0.3) is 0 Å². The van der Waals surface area contributed by atoms with Crippen molar-refractivity contribution in [1.82, 2.24) is 10.6 Å². The highest BCUT2D eigenvalue weighted by Gasteiger charge is 2.42. The summed E-state index contributed by atoms with van der Waals surface area (Å²) in [6.07, 6.45) is 0. The molecule has 2 unspecified atom stereocenters. The van der Waals surface area contributed by atoms with Crippen LogP contribution in [0.1, 0.15) is 22.6 Å². The largest absolute Gasteiger partial charge is 0.369 e. The molecular weight excluding hydrogens is 258 g/mol. The number of ketones is 1. The number of hydrogen-bond donors (Lipinski definition) is 3. The summed E-state index contributed by atoms with van der Waals surface area (Å²) in [5.74, 6) is -3.29. The van der Waals surface area contributed by atoms with E-state index in [9.17, 15) is 14.4 Å². The van der Waals surface area contributed by atoms with Crippen LogP contribution in [-0.4, -0.2) is 24.1 Å². The number of piperidine rings is 1. The number of fused-ring (bicyclic) bond motifs is 1. The Hall–Kier alpha value is -2.21. The lowest BCUT2D eigenvalue weighted by Gasteiger charge is -2.28. The van der Waals surface area contributed by atoms with Crippen LogP contribution in [0.3, 0.4) is 0 Å². The SMILES string of the molecule is NC(=O)C1C(=O)CNC(=O)C1c1ccc2c(c1)CNC2. The number of carbonyl (C=O) groups is 3. The van der Waals surface area contributed by atoms with Gasteiger partial charge in [-0.3, -0.25) is 14.4 Å². The van der Waals surface area contributed by atoms with Gasteiger partial charge in [-0.05, 0) is 16.7 Å². The van der Waals surface area contributed by atoms with Crippen LogP contribution >= 0.6 is 0 Å². The Morgan fingerprint density at radius 2 is 1.90 bits per heavy atom. The van der Waals surface area contributed by atoms with Crippen LogP contribution in [0.5, 0.6) is 0 Å². The van der Waals surface area contributed by atoms with Crippen LogP contribution in [0.25, 0.3) is 0 Å². The Morgan fingerprint density at radius 1 is 1.15 bits per heavy atom. The Labute approximate surface area is 115 Å². The molecule has 0 saturated carbocycles. The van der Waals surface area contributed by atoms with Crippen molar-refractivity contribution in [3.8, 4) is 0 Å². The second-order valence-corrected chi connectivity index (χ2v) is 5.17. The molecule has 6 heteroatoms. The Morgan fingerprint density at radius 3 is 2.65 bits per heavy atom. The standard InChI is InChI=1S/C14H15N3O3/c15-13(19)12-10(18)6-17-14(20)11(12)7-1-2-8-4-16-5-9(8)3-7/h1-3,11-12,16H,4-6H2,(H2,15,19)(H,17,20). The number of Topliss-reactive ketones (excluding diaryl/α,β-unsaturated/α-hetero) is 1. The monoisotopic (exact) mass is 273 g/mol. The molecule has 0 bridgehead atoms. The maximum Gasteiger partial charge on any atom is 0.229 e. The minimum absolute atomic E-state index is 0.130. The van der Waals surface area contributed by atoms with Gasteiger partial charge in [-0.25, -0.2) is 0 Å². The molecule has 0 radical (unpaired) electrons. The quantitative estimate of drug-likeness (QED) is 0.612. The summed E-state index contributed by atoms with van der Waals surface area (Å²) in [5.41, 5.74) is 8.24. The first-order valence-corrected chi connectivity index (χ1v) is 6.50. The molecular formula is C14H15N3O3. The highest BCUT2D eigenvalue weighted by Crippen LogP contribution is 2.30. The fraction of sp³-hybridized carbons (Fsp3) is 0.357. The van der Waals surface area contributed by atoms with E-state index in [1.165, 1.54) is 5.56 Å². The van der Waals surface area contributed by atoms with Crippen molar-refractivity contribution in [3.63, 3.8) is 0 Å². The summed E-state index contributed by atoms with van der Waals surface area (Å²) in [6.45, 7) is 1.40. The molecule has 0 aromatic heterocycles. The van der Waals surface area contributed by atoms with Gasteiger partial charge in [-0.1, -0.05) is 18.2 Å². The third-order valence-corrected chi connectivity index (χ3v) is 3.93. The highest BCUT2D eigenvalue weighted by molar-refractivity contribution is 6.10. The predicted octanol–water partition coefficient (Wildman–Crippen LogP) is -0.826. The first-order valence-electron chi connectivity index (χ1n) is 6.50. The first kappa shape index (κ1) is 12.8. The van der Waals surface area contributed by atoms with Crippen molar-refractivity contribution in [2.45, 2.75) is 19.0 Å². The van der Waals surface area contributed by atoms with Gasteiger partial charge in [0.05, 0.1) is 12.5 Å². The molecule has 2 amide bonds. The molecule has 4 N–H and O–H groups in total. The summed E-state index contributed by atoms with van der Waals surface area (Å²) < 4.78 is 0. The summed E-state index contributed by atoms with van der Waals surface area (Å²) in [7, 11) is 0. The molecule has 0 spiro atoms. The molecule has 1 aromatic carbocycles. The second kappa shape index (κ2) is 4.72. The summed E-state index contributed by atoms with van der Waals surface area (Å²) in [5, 5.41) is 5.73. The molecule has 2 heterocycles. The molecule has 2 aliphatic heterocycles. The number of nitrogens with two attached hydrogens (primary N) is 1. The zero-order valence-corrected chi connectivity index (χ0v) is 10.8. The number of nitrogens with one attached hydrogen (secondary N) is 2. The van der Waals surface area contributed by atoms with Crippen molar-refractivity contribution < 1.29 is 14.4 Å². The van der Waals surface area contributed by atoms with Gasteiger partial charge in [-0.15, -0.1) is 0 Å². The number of primary amides is 1. The number of rotatable bonds is 2. The zero-order chi connectivity index (χ0) is 14.3. The van der Waals surface area contributed by atoms with Crippen LogP contribution in [0, 0.1) is 5.92 Å². The maximum absolute atomic E-state index is 12.1. The zero-order valence-electron chi connectivity index (χ0n) is 10.8. The van der Waals surface area contributed by atoms with E-state index in [0.717, 1.165) is 18.7 Å². The van der Waals surface area contributed by atoms with E-state index in [2.05, 4.69) is 10.6 Å². The van der Waals surface area contributed by atoms with Crippen molar-refractivity contribution in [2.75, 3.05) is 6.54 Å². The average Bonchev–Trinajstić information content (AvgIpc) is 2.87. The molecule has 0 aliphatic carbocycles. The lowest BCUT2D eigenvalue weighted by atomic mass is 9.79. The lowest BCUT2D eigenvalue weighted by Crippen LogP contribution is -2.51. The van der Waals surface area contributed by atoms with Crippen LogP contribution < -0.4 is 16.4 Å². The number of hydrogen-bond acceptors (Lipinski definition) is 4. The van der Waals surface area contributed by atoms with E-state index in [1.807, 2.05) is 12.1 Å². The van der Waals surface area contributed by atoms with E-state index in [4.69, 9.17) is 5.73 Å². The topological polar surface area (TPSA) is 101 Å². The van der Waals surface area contributed by atoms with Gasteiger partial charge in [0.1, 0.15) is 5.92 Å². The number of amides is 2. The summed E-state index contributed by atoms with van der Waals surface area (Å²) in [4.78, 5) is 35.5. The lowest BCUT2D eigenvalue weighted by molar-refractivity contribution is -0.141. The van der Waals surface area contributed by atoms with Crippen molar-refractivity contribution in [2.24, 2.45) is 11.7 Å². The first-order chi connectivity index (χ1) is 9.58. The van der Waals surface area contributed by atoms with Gasteiger partial charge in [0.2, 0.25) is 11.8 Å². The number of carbonyl (C=O) groups excluding carboxylic acids is 3. The van der Waals surface area contributed by atoms with E-state index in [-0.39, 0.29) is 18.2 Å². The minimum Gasteiger partial charge on any atom is -0.369 e. The van der Waals surface area contributed by atoms with E-state index >= 15 is 0 Å². The molecule has 2 aliphatic rings. The molecule has 6 nitrogen and oxygen atoms in total. The van der Waals surface area contributed by atoms with Crippen LogP contribution in [0.2, 0.25) is 0 Å². The average molecular weight is 273 g/mol. The fourth-order valence-electron chi connectivity index (χ4n) is 2.91. The van der Waals surface area contributed by atoms with E-state index < -0.39 is 17.7 Å². The predicted molar refractivity (Wildman–Crippen MR) is 70.4 cm³/mol. The van der Waals surface area contributed by atoms with Gasteiger partial charge in [0.15, 0.2) is 5.78 Å². The smallest absolute Gasteiger partial charge is 0.229 e. The van der Waals surface area contributed by atoms with Crippen molar-refractivity contribution in [1.29, 1.82) is 0 Å². The molecule has 1 aromatic rings. The van der Waals surface area contributed by atoms with Crippen LogP contribution in [-0.2, 0) is 27.5 Å². The van der Waals surface area contributed by atoms with Crippen LogP contribution in [0.15, 0.2) is 18.2 Å². The molecule has 104 valence electrons. The summed E-state index contributed by atoms with van der Waals surface area (Å²) in [6, 6.07) is 5.60. The normalized spacial score (nSPS) is 25.2. The molecule has 1 fully saturated rings. The van der Waals surface area contributed by atoms with E-state index in [0.29, 0.717) is 5.56 Å². The minimum atomic E-state index is -1.07. The van der Waals surface area contributed by atoms with Crippen molar-refractivity contribution >= 4 is 17.6 Å². The van der Waals surface area contributed by atoms with Crippen LogP contribution in [0.4, 0.5) is 0 Å². The fourth-order valence-corrected chi connectivity index (χ4v) is 2.91. The summed E-state index contributed by atoms with van der Waals surface area (Å²) >= 11 is 0. The maximum atomic E-state index is 12.1. The third-order valence-electron chi connectivity index (χ3n) is 3.93. The van der Waals surface area contributed by atoms with Crippen molar-refractivity contribution in [3.05, 3.63) is 34.9 Å². The highest BCUT2D eigenvalue weighted by atomic mass is 16.2. The van der Waals surface area contributed by atoms with Gasteiger partial charge in [-0.2, -0.15) is 0 Å². The van der Waals surface area contributed by atoms with E-state index in [1.54, 1.807) is 6.07 Å². The van der Waals surface area contributed by atoms with Gasteiger partial charge < -0.3 is 16.4 Å². The van der Waals surface area contributed by atoms with Gasteiger partial charge in [0, 0.05) is 13.1 Å². The molecule has 3 rings (SSSR count). The third kappa shape index (κ3) is 1.98. The molecule has 1 saturated heterocycles. The second-order valence-electron chi connectivity index (χ2n) is 5.17. The van der Waals surface area contributed by atoms with Gasteiger partial charge >= 0.3 is 0 Å². The Bertz CT molecular complexity index is 612. The molecule has 20 heavy (non-hydrogen) atoms. The number of benzene rings is 1. The Kier molecular flexibility index (Phi) is 3.02.